The van der Waals surface area contributed by atoms with Crippen LogP contribution in [0, 0.1) is 0 Å². The molecule has 0 aliphatic carbocycles. The van der Waals surface area contributed by atoms with Crippen LogP contribution in [0.2, 0.25) is 5.02 Å². The molecule has 1 atom stereocenters. The van der Waals surface area contributed by atoms with Crippen molar-refractivity contribution >= 4 is 50.9 Å². The van der Waals surface area contributed by atoms with E-state index in [1.54, 1.807) is 25.2 Å². The van der Waals surface area contributed by atoms with E-state index in [4.69, 9.17) is 11.6 Å². The number of halogens is 1. The standard InChI is InChI=1S/C21H24ClN3O4S2/c1-24(2)31(28,29)16-8-9-18-17(12-16)25(3)21(27)19(30-18)13-20(26)23-11-10-14-4-6-15(22)7-5-14/h4-9,12,19H,10-11,13H2,1-3H3,(H,23,26)/t19-/m0/s1. The molecular formula is C21H24ClN3O4S2. The second-order valence-electron chi connectivity index (χ2n) is 7.35. The van der Waals surface area contributed by atoms with Crippen LogP contribution in [-0.2, 0) is 26.0 Å². The minimum atomic E-state index is -3.60. The normalized spacial score (nSPS) is 16.4. The molecule has 7 nitrogen and oxygen atoms in total. The van der Waals surface area contributed by atoms with Gasteiger partial charge in [-0.05, 0) is 42.3 Å². The first-order chi connectivity index (χ1) is 14.6. The summed E-state index contributed by atoms with van der Waals surface area (Å²) in [6.45, 7) is 0.463. The minimum Gasteiger partial charge on any atom is -0.356 e. The number of rotatable bonds is 7. The van der Waals surface area contributed by atoms with E-state index in [2.05, 4.69) is 5.32 Å². The van der Waals surface area contributed by atoms with Crippen LogP contribution in [0.1, 0.15) is 12.0 Å². The molecule has 2 aromatic rings. The second kappa shape index (κ2) is 9.60. The summed E-state index contributed by atoms with van der Waals surface area (Å²) in [6.07, 6.45) is 0.714. The molecule has 1 aliphatic heterocycles. The van der Waals surface area contributed by atoms with E-state index in [9.17, 15) is 18.0 Å². The molecule has 1 heterocycles. The molecule has 1 N–H and O–H groups in total. The fourth-order valence-electron chi connectivity index (χ4n) is 3.14. The molecule has 2 amide bonds. The van der Waals surface area contributed by atoms with Gasteiger partial charge in [0.15, 0.2) is 0 Å². The Morgan fingerprint density at radius 1 is 1.19 bits per heavy atom. The van der Waals surface area contributed by atoms with Crippen LogP contribution in [0.4, 0.5) is 5.69 Å². The summed E-state index contributed by atoms with van der Waals surface area (Å²) >= 11 is 7.15. The zero-order valence-electron chi connectivity index (χ0n) is 17.5. The fraction of sp³-hybridized carbons (Fsp3) is 0.333. The highest BCUT2D eigenvalue weighted by Crippen LogP contribution is 2.41. The van der Waals surface area contributed by atoms with Crippen LogP contribution in [0.3, 0.4) is 0 Å². The lowest BCUT2D eigenvalue weighted by Crippen LogP contribution is -2.41. The maximum Gasteiger partial charge on any atom is 0.242 e. The number of hydrogen-bond donors (Lipinski definition) is 1. The zero-order valence-corrected chi connectivity index (χ0v) is 19.9. The van der Waals surface area contributed by atoms with Gasteiger partial charge >= 0.3 is 0 Å². The molecule has 1 aliphatic rings. The average Bonchev–Trinajstić information content (AvgIpc) is 2.73. The molecule has 2 aromatic carbocycles. The molecule has 31 heavy (non-hydrogen) atoms. The highest BCUT2D eigenvalue weighted by molar-refractivity contribution is 8.01. The highest BCUT2D eigenvalue weighted by atomic mass is 35.5. The number of carbonyl (C=O) groups is 2. The Balaban J connectivity index is 1.63. The molecule has 0 radical (unpaired) electrons. The number of sulfonamides is 1. The van der Waals surface area contributed by atoms with Crippen molar-refractivity contribution in [3.05, 3.63) is 53.1 Å². The van der Waals surface area contributed by atoms with E-state index >= 15 is 0 Å². The number of fused-ring (bicyclic) bond motifs is 1. The van der Waals surface area contributed by atoms with Gasteiger partial charge in [0.05, 0.1) is 15.8 Å². The van der Waals surface area contributed by atoms with Gasteiger partial charge in [0.25, 0.3) is 0 Å². The molecule has 0 spiro atoms. The number of thioether (sulfide) groups is 1. The van der Waals surface area contributed by atoms with Gasteiger partial charge in [-0.2, -0.15) is 0 Å². The van der Waals surface area contributed by atoms with Crippen LogP contribution >= 0.6 is 23.4 Å². The average molecular weight is 482 g/mol. The van der Waals surface area contributed by atoms with Crippen molar-refractivity contribution in [2.45, 2.75) is 27.9 Å². The van der Waals surface area contributed by atoms with Crippen LogP contribution in [0.15, 0.2) is 52.3 Å². The number of nitrogens with zero attached hydrogens (tertiary/aromatic N) is 2. The summed E-state index contributed by atoms with van der Waals surface area (Å²) in [6, 6.07) is 12.1. The van der Waals surface area contributed by atoms with Crippen LogP contribution in [0.25, 0.3) is 0 Å². The molecule has 3 rings (SSSR count). The van der Waals surface area contributed by atoms with Crippen LogP contribution in [0.5, 0.6) is 0 Å². The molecule has 0 unspecified atom stereocenters. The minimum absolute atomic E-state index is 0.0473. The quantitative estimate of drug-likeness (QED) is 0.657. The third kappa shape index (κ3) is 5.41. The molecule has 10 heteroatoms. The molecule has 166 valence electrons. The van der Waals surface area contributed by atoms with Crippen LogP contribution < -0.4 is 10.2 Å². The van der Waals surface area contributed by atoms with Gasteiger partial charge in [-0.1, -0.05) is 23.7 Å². The van der Waals surface area contributed by atoms with Crippen molar-refractivity contribution in [1.82, 2.24) is 9.62 Å². The highest BCUT2D eigenvalue weighted by Gasteiger charge is 2.34. The van der Waals surface area contributed by atoms with Crippen molar-refractivity contribution in [3.63, 3.8) is 0 Å². The monoisotopic (exact) mass is 481 g/mol. The van der Waals surface area contributed by atoms with Gasteiger partial charge in [-0.25, -0.2) is 12.7 Å². The fourth-order valence-corrected chi connectivity index (χ4v) is 5.45. The van der Waals surface area contributed by atoms with Gasteiger partial charge in [0.1, 0.15) is 0 Å². The summed E-state index contributed by atoms with van der Waals surface area (Å²) in [4.78, 5) is 27.5. The van der Waals surface area contributed by atoms with Crippen molar-refractivity contribution in [2.75, 3.05) is 32.6 Å². The van der Waals surface area contributed by atoms with Crippen LogP contribution in [-0.4, -0.2) is 57.5 Å². The molecule has 0 fully saturated rings. The lowest BCUT2D eigenvalue weighted by molar-refractivity contribution is -0.124. The van der Waals surface area contributed by atoms with E-state index in [0.29, 0.717) is 23.7 Å². The Bertz CT molecular complexity index is 1090. The van der Waals surface area contributed by atoms with E-state index < -0.39 is 15.3 Å². The Hall–Kier alpha value is -2.07. The lowest BCUT2D eigenvalue weighted by atomic mass is 10.1. The summed E-state index contributed by atoms with van der Waals surface area (Å²) in [5.41, 5.74) is 1.59. The van der Waals surface area contributed by atoms with Gasteiger partial charge in [-0.15, -0.1) is 11.8 Å². The molecular weight excluding hydrogens is 458 g/mol. The predicted octanol–water partition coefficient (Wildman–Crippen LogP) is 2.78. The Morgan fingerprint density at radius 2 is 1.87 bits per heavy atom. The number of carbonyl (C=O) groups excluding carboxylic acids is 2. The number of benzene rings is 2. The summed E-state index contributed by atoms with van der Waals surface area (Å²) in [5.74, 6) is -0.437. The third-order valence-corrected chi connectivity index (χ3v) is 8.28. The second-order valence-corrected chi connectivity index (χ2v) is 11.2. The number of anilines is 1. The number of amides is 2. The summed E-state index contributed by atoms with van der Waals surface area (Å²) in [7, 11) is 0.907. The first-order valence-corrected chi connectivity index (χ1v) is 12.3. The maximum atomic E-state index is 12.8. The Labute approximate surface area is 191 Å². The number of hydrogen-bond acceptors (Lipinski definition) is 5. The molecule has 0 saturated carbocycles. The van der Waals surface area contributed by atoms with Crippen molar-refractivity contribution in [3.8, 4) is 0 Å². The number of nitrogens with one attached hydrogen (secondary N) is 1. The molecule has 0 bridgehead atoms. The third-order valence-electron chi connectivity index (χ3n) is 4.97. The first-order valence-electron chi connectivity index (χ1n) is 9.61. The predicted molar refractivity (Wildman–Crippen MR) is 123 cm³/mol. The lowest BCUT2D eigenvalue weighted by Gasteiger charge is -2.31. The van der Waals surface area contributed by atoms with Gasteiger partial charge in [-0.3, -0.25) is 9.59 Å². The van der Waals surface area contributed by atoms with Crippen molar-refractivity contribution in [1.29, 1.82) is 0 Å². The molecule has 0 saturated heterocycles. The van der Waals surface area contributed by atoms with E-state index in [-0.39, 0.29) is 23.1 Å². The van der Waals surface area contributed by atoms with E-state index in [0.717, 1.165) is 14.8 Å². The summed E-state index contributed by atoms with van der Waals surface area (Å²) in [5, 5.41) is 2.95. The Morgan fingerprint density at radius 3 is 2.52 bits per heavy atom. The maximum absolute atomic E-state index is 12.8. The van der Waals surface area contributed by atoms with E-state index in [1.807, 2.05) is 12.1 Å². The molecule has 0 aromatic heterocycles. The largest absolute Gasteiger partial charge is 0.356 e. The zero-order chi connectivity index (χ0) is 22.8. The van der Waals surface area contributed by atoms with Gasteiger partial charge in [0, 0.05) is 44.0 Å². The summed E-state index contributed by atoms with van der Waals surface area (Å²) < 4.78 is 25.9. The van der Waals surface area contributed by atoms with Gasteiger partial charge < -0.3 is 10.2 Å². The smallest absolute Gasteiger partial charge is 0.242 e. The van der Waals surface area contributed by atoms with Gasteiger partial charge in [0.2, 0.25) is 21.8 Å². The SMILES string of the molecule is CN1C(=O)[C@H](CC(=O)NCCc2ccc(Cl)cc2)Sc2ccc(S(=O)(=O)N(C)C)cc21. The first kappa shape index (κ1) is 23.6. The Kier molecular flexibility index (Phi) is 7.31. The topological polar surface area (TPSA) is 86.8 Å². The van der Waals surface area contributed by atoms with Crippen molar-refractivity contribution < 1.29 is 18.0 Å². The van der Waals surface area contributed by atoms with Crippen molar-refractivity contribution in [2.24, 2.45) is 0 Å². The van der Waals surface area contributed by atoms with E-state index in [1.165, 1.54) is 42.9 Å².